The molecule has 1 aliphatic rings. The third-order valence-electron chi connectivity index (χ3n) is 3.55. The fraction of sp³-hybridized carbons (Fsp3) is 0.412. The summed E-state index contributed by atoms with van der Waals surface area (Å²) in [6.45, 7) is 6.20. The molecule has 2 aromatic rings. The largest absolute Gasteiger partial charge is 0.491 e. The molecule has 0 bridgehead atoms. The zero-order chi connectivity index (χ0) is 15.4. The molecule has 0 amide bonds. The number of hydrogen-bond donors (Lipinski definition) is 1. The Kier molecular flexibility index (Phi) is 4.42. The van der Waals surface area contributed by atoms with Crippen molar-refractivity contribution < 1.29 is 4.74 Å². The van der Waals surface area contributed by atoms with Crippen molar-refractivity contribution >= 4 is 17.5 Å². The minimum absolute atomic E-state index is 0.180. The Morgan fingerprint density at radius 1 is 1.09 bits per heavy atom. The summed E-state index contributed by atoms with van der Waals surface area (Å²) >= 11 is 0. The van der Waals surface area contributed by atoms with E-state index in [1.165, 1.54) is 12.8 Å². The van der Waals surface area contributed by atoms with Gasteiger partial charge < -0.3 is 15.0 Å². The molecule has 0 radical (unpaired) electrons. The Hall–Kier alpha value is -2.30. The third kappa shape index (κ3) is 3.67. The summed E-state index contributed by atoms with van der Waals surface area (Å²) in [7, 11) is 0. The predicted molar refractivity (Wildman–Crippen MR) is 89.0 cm³/mol. The molecule has 22 heavy (non-hydrogen) atoms. The second-order valence-corrected chi connectivity index (χ2v) is 5.75. The predicted octanol–water partition coefficient (Wildman–Crippen LogP) is 3.61. The van der Waals surface area contributed by atoms with Gasteiger partial charge in [-0.1, -0.05) is 0 Å². The lowest BCUT2D eigenvalue weighted by Crippen LogP contribution is -2.19. The number of nitrogens with one attached hydrogen (secondary N) is 1. The van der Waals surface area contributed by atoms with Crippen LogP contribution in [0, 0.1) is 0 Å². The molecular formula is C17H22N4O. The molecule has 2 heterocycles. The van der Waals surface area contributed by atoms with E-state index in [1.807, 2.05) is 44.2 Å². The van der Waals surface area contributed by atoms with Crippen LogP contribution >= 0.6 is 0 Å². The molecular weight excluding hydrogens is 276 g/mol. The van der Waals surface area contributed by atoms with Crippen LogP contribution in [0.2, 0.25) is 0 Å². The number of nitrogens with zero attached hydrogens (tertiary/aromatic N) is 3. The first kappa shape index (κ1) is 14.6. The highest BCUT2D eigenvalue weighted by atomic mass is 16.5. The van der Waals surface area contributed by atoms with Crippen molar-refractivity contribution in [1.29, 1.82) is 0 Å². The number of rotatable bonds is 5. The molecule has 0 saturated carbocycles. The van der Waals surface area contributed by atoms with Crippen molar-refractivity contribution in [2.75, 3.05) is 23.3 Å². The van der Waals surface area contributed by atoms with E-state index in [4.69, 9.17) is 4.74 Å². The highest BCUT2D eigenvalue weighted by Gasteiger charge is 2.14. The second-order valence-electron chi connectivity index (χ2n) is 5.75. The van der Waals surface area contributed by atoms with Crippen molar-refractivity contribution in [2.45, 2.75) is 32.8 Å². The van der Waals surface area contributed by atoms with E-state index in [0.717, 1.165) is 30.3 Å². The minimum Gasteiger partial charge on any atom is -0.491 e. The van der Waals surface area contributed by atoms with Crippen LogP contribution in [0.25, 0.3) is 0 Å². The van der Waals surface area contributed by atoms with Gasteiger partial charge in [0.1, 0.15) is 11.6 Å². The van der Waals surface area contributed by atoms with Gasteiger partial charge in [-0.25, -0.2) is 4.98 Å². The summed E-state index contributed by atoms with van der Waals surface area (Å²) in [6.07, 6.45) is 4.46. The summed E-state index contributed by atoms with van der Waals surface area (Å²) < 4.78 is 5.64. The Morgan fingerprint density at radius 3 is 2.50 bits per heavy atom. The standard InChI is InChI=1S/C17H22N4O/c1-13(2)22-15-7-5-14(6-8-15)19-17-18-10-9-16(20-17)21-11-3-4-12-21/h5-10,13H,3-4,11-12H2,1-2H3,(H,18,19,20). The van der Waals surface area contributed by atoms with E-state index in [-0.39, 0.29) is 6.10 Å². The highest BCUT2D eigenvalue weighted by molar-refractivity contribution is 5.56. The Labute approximate surface area is 131 Å². The van der Waals surface area contributed by atoms with Gasteiger partial charge in [0.2, 0.25) is 5.95 Å². The molecule has 1 saturated heterocycles. The summed E-state index contributed by atoms with van der Waals surface area (Å²) in [4.78, 5) is 11.2. The van der Waals surface area contributed by atoms with Gasteiger partial charge in [0.15, 0.2) is 0 Å². The first-order chi connectivity index (χ1) is 10.7. The molecule has 1 fully saturated rings. The van der Waals surface area contributed by atoms with Crippen LogP contribution in [0.15, 0.2) is 36.5 Å². The van der Waals surface area contributed by atoms with E-state index in [2.05, 4.69) is 20.2 Å². The monoisotopic (exact) mass is 298 g/mol. The Morgan fingerprint density at radius 2 is 1.82 bits per heavy atom. The molecule has 5 nitrogen and oxygen atoms in total. The number of aromatic nitrogens is 2. The van der Waals surface area contributed by atoms with Crippen LogP contribution in [-0.2, 0) is 0 Å². The maximum atomic E-state index is 5.64. The lowest BCUT2D eigenvalue weighted by atomic mass is 10.3. The maximum Gasteiger partial charge on any atom is 0.229 e. The summed E-state index contributed by atoms with van der Waals surface area (Å²) in [6, 6.07) is 9.82. The van der Waals surface area contributed by atoms with Gasteiger partial charge >= 0.3 is 0 Å². The Bertz CT molecular complexity index is 606. The number of ether oxygens (including phenoxy) is 1. The minimum atomic E-state index is 0.180. The average molecular weight is 298 g/mol. The van der Waals surface area contributed by atoms with Gasteiger partial charge in [0, 0.05) is 25.0 Å². The van der Waals surface area contributed by atoms with Gasteiger partial charge in [-0.05, 0) is 57.0 Å². The Balaban J connectivity index is 1.68. The van der Waals surface area contributed by atoms with E-state index < -0.39 is 0 Å². The zero-order valence-electron chi connectivity index (χ0n) is 13.1. The molecule has 1 aromatic heterocycles. The molecule has 3 rings (SSSR count). The molecule has 5 heteroatoms. The first-order valence-electron chi connectivity index (χ1n) is 7.82. The second kappa shape index (κ2) is 6.64. The zero-order valence-corrected chi connectivity index (χ0v) is 13.1. The molecule has 0 aliphatic carbocycles. The van der Waals surface area contributed by atoms with Crippen molar-refractivity contribution in [1.82, 2.24) is 9.97 Å². The third-order valence-corrected chi connectivity index (χ3v) is 3.55. The fourth-order valence-electron chi connectivity index (χ4n) is 2.55. The smallest absolute Gasteiger partial charge is 0.229 e. The first-order valence-corrected chi connectivity index (χ1v) is 7.82. The normalized spacial score (nSPS) is 14.4. The molecule has 0 atom stereocenters. The summed E-state index contributed by atoms with van der Waals surface area (Å²) in [5, 5.41) is 3.24. The lowest BCUT2D eigenvalue weighted by molar-refractivity contribution is 0.242. The van der Waals surface area contributed by atoms with Crippen molar-refractivity contribution in [3.63, 3.8) is 0 Å². The van der Waals surface area contributed by atoms with Gasteiger partial charge in [-0.3, -0.25) is 0 Å². The summed E-state index contributed by atoms with van der Waals surface area (Å²) in [5.41, 5.74) is 0.953. The lowest BCUT2D eigenvalue weighted by Gasteiger charge is -2.16. The van der Waals surface area contributed by atoms with Crippen molar-refractivity contribution in [2.24, 2.45) is 0 Å². The van der Waals surface area contributed by atoms with Crippen LogP contribution in [0.5, 0.6) is 5.75 Å². The maximum absolute atomic E-state index is 5.64. The molecule has 116 valence electrons. The van der Waals surface area contributed by atoms with E-state index in [9.17, 15) is 0 Å². The van der Waals surface area contributed by atoms with Crippen LogP contribution in [0.4, 0.5) is 17.5 Å². The van der Waals surface area contributed by atoms with Gasteiger partial charge in [0.05, 0.1) is 6.10 Å². The highest BCUT2D eigenvalue weighted by Crippen LogP contribution is 2.21. The van der Waals surface area contributed by atoms with Gasteiger partial charge in [-0.2, -0.15) is 4.98 Å². The number of anilines is 3. The summed E-state index contributed by atoms with van der Waals surface area (Å²) in [5.74, 6) is 2.49. The quantitative estimate of drug-likeness (QED) is 0.914. The van der Waals surface area contributed by atoms with Crippen molar-refractivity contribution in [3.8, 4) is 5.75 Å². The SMILES string of the molecule is CC(C)Oc1ccc(Nc2nccc(N3CCCC3)n2)cc1. The van der Waals surface area contributed by atoms with Gasteiger partial charge in [0.25, 0.3) is 0 Å². The van der Waals surface area contributed by atoms with E-state index >= 15 is 0 Å². The average Bonchev–Trinajstić information content (AvgIpc) is 3.03. The topological polar surface area (TPSA) is 50.3 Å². The molecule has 0 spiro atoms. The van der Waals surface area contributed by atoms with Crippen LogP contribution in [0.3, 0.4) is 0 Å². The molecule has 0 unspecified atom stereocenters. The van der Waals surface area contributed by atoms with Crippen LogP contribution in [0.1, 0.15) is 26.7 Å². The number of hydrogen-bond acceptors (Lipinski definition) is 5. The van der Waals surface area contributed by atoms with E-state index in [1.54, 1.807) is 6.20 Å². The number of benzene rings is 1. The molecule has 1 N–H and O–H groups in total. The van der Waals surface area contributed by atoms with E-state index in [0.29, 0.717) is 5.95 Å². The van der Waals surface area contributed by atoms with Crippen LogP contribution < -0.4 is 15.0 Å². The van der Waals surface area contributed by atoms with Crippen LogP contribution in [-0.4, -0.2) is 29.2 Å². The van der Waals surface area contributed by atoms with Gasteiger partial charge in [-0.15, -0.1) is 0 Å². The molecule has 1 aliphatic heterocycles. The fourth-order valence-corrected chi connectivity index (χ4v) is 2.55. The molecule has 1 aromatic carbocycles. The van der Waals surface area contributed by atoms with Crippen molar-refractivity contribution in [3.05, 3.63) is 36.5 Å².